The number of carbonyl (C=O) groups excluding carboxylic acids is 2. The highest BCUT2D eigenvalue weighted by molar-refractivity contribution is 5.96. The summed E-state index contributed by atoms with van der Waals surface area (Å²) in [5, 5.41) is 2.99. The number of fused-ring (bicyclic) bond motifs is 1. The van der Waals surface area contributed by atoms with Crippen LogP contribution < -0.4 is 15.1 Å². The lowest BCUT2D eigenvalue weighted by molar-refractivity contribution is -0.143. The highest BCUT2D eigenvalue weighted by Gasteiger charge is 2.28. The van der Waals surface area contributed by atoms with E-state index in [0.29, 0.717) is 19.7 Å². The van der Waals surface area contributed by atoms with Crippen LogP contribution in [0.25, 0.3) is 0 Å². The minimum absolute atomic E-state index is 0.0806. The number of hydrogen-bond acceptors (Lipinski definition) is 5. The van der Waals surface area contributed by atoms with E-state index in [0.717, 1.165) is 17.1 Å². The molecule has 2 heterocycles. The maximum atomic E-state index is 13.0. The van der Waals surface area contributed by atoms with E-state index in [2.05, 4.69) is 10.3 Å². The van der Waals surface area contributed by atoms with Crippen LogP contribution in [0.2, 0.25) is 0 Å². The Labute approximate surface area is 158 Å². The highest BCUT2D eigenvalue weighted by Crippen LogP contribution is 2.30. The van der Waals surface area contributed by atoms with E-state index >= 15 is 0 Å². The molecule has 2 aromatic rings. The van der Waals surface area contributed by atoms with Crippen LogP contribution in [-0.2, 0) is 9.53 Å². The number of aromatic nitrogens is 1. The van der Waals surface area contributed by atoms with Crippen molar-refractivity contribution in [2.45, 2.75) is 19.4 Å². The maximum Gasteiger partial charge on any atom is 0.322 e. The molecule has 142 valence electrons. The number of likely N-dealkylation sites (N-methyl/N-ethyl adjacent to an activating group) is 1. The van der Waals surface area contributed by atoms with Gasteiger partial charge >= 0.3 is 12.0 Å². The Kier molecular flexibility index (Phi) is 5.90. The van der Waals surface area contributed by atoms with Gasteiger partial charge in [-0.15, -0.1) is 0 Å². The molecule has 3 rings (SSSR count). The van der Waals surface area contributed by atoms with Crippen molar-refractivity contribution in [1.29, 1.82) is 0 Å². The van der Waals surface area contributed by atoms with Crippen molar-refractivity contribution in [2.75, 3.05) is 36.5 Å². The average Bonchev–Trinajstić information content (AvgIpc) is 2.69. The molecular formula is C20H24N4O3. The third-order valence-electron chi connectivity index (χ3n) is 4.50. The summed E-state index contributed by atoms with van der Waals surface area (Å²) < 4.78 is 5.07. The van der Waals surface area contributed by atoms with E-state index in [1.165, 1.54) is 0 Å². The number of benzene rings is 1. The van der Waals surface area contributed by atoms with Crippen molar-refractivity contribution in [3.8, 4) is 0 Å². The molecule has 7 nitrogen and oxygen atoms in total. The average molecular weight is 368 g/mol. The molecule has 0 saturated carbocycles. The van der Waals surface area contributed by atoms with Gasteiger partial charge in [-0.3, -0.25) is 9.69 Å². The van der Waals surface area contributed by atoms with E-state index in [4.69, 9.17) is 4.74 Å². The molecule has 0 spiro atoms. The summed E-state index contributed by atoms with van der Waals surface area (Å²) >= 11 is 0. The number of anilines is 2. The fraction of sp³-hybridized carbons (Fsp3) is 0.350. The zero-order chi connectivity index (χ0) is 19.2. The number of urea groups is 1. The van der Waals surface area contributed by atoms with Crippen LogP contribution in [-0.4, -0.2) is 43.7 Å². The fourth-order valence-electron chi connectivity index (χ4n) is 3.13. The normalized spacial score (nSPS) is 14.3. The first-order valence-corrected chi connectivity index (χ1v) is 9.05. The number of esters is 1. The smallest absolute Gasteiger partial charge is 0.322 e. The van der Waals surface area contributed by atoms with E-state index < -0.39 is 6.04 Å². The SMILES string of the molecule is CCOC(=O)C[C@H](NC(=O)N1CCN(C)c2ncccc21)c1ccccc1. The fourth-order valence-corrected chi connectivity index (χ4v) is 3.13. The number of carbonyl (C=O) groups is 2. The molecule has 1 atom stereocenters. The third kappa shape index (κ3) is 4.36. The Morgan fingerprint density at radius 1 is 1.19 bits per heavy atom. The summed E-state index contributed by atoms with van der Waals surface area (Å²) in [6.45, 7) is 3.31. The molecule has 1 aliphatic heterocycles. The summed E-state index contributed by atoms with van der Waals surface area (Å²) in [7, 11) is 1.95. The Morgan fingerprint density at radius 2 is 1.96 bits per heavy atom. The summed E-state index contributed by atoms with van der Waals surface area (Å²) in [4.78, 5) is 33.1. The van der Waals surface area contributed by atoms with Gasteiger partial charge in [0, 0.05) is 26.3 Å². The molecule has 1 aliphatic rings. The Morgan fingerprint density at radius 3 is 2.70 bits per heavy atom. The molecule has 7 heteroatoms. The summed E-state index contributed by atoms with van der Waals surface area (Å²) in [5.74, 6) is 0.424. The molecular weight excluding hydrogens is 344 g/mol. The minimum atomic E-state index is -0.461. The van der Waals surface area contributed by atoms with Gasteiger partial charge in [-0.25, -0.2) is 9.78 Å². The van der Waals surface area contributed by atoms with Crippen molar-refractivity contribution >= 4 is 23.5 Å². The predicted molar refractivity (Wildman–Crippen MR) is 104 cm³/mol. The van der Waals surface area contributed by atoms with Gasteiger partial charge in [-0.05, 0) is 24.6 Å². The van der Waals surface area contributed by atoms with Crippen molar-refractivity contribution in [2.24, 2.45) is 0 Å². The number of amides is 2. The first kappa shape index (κ1) is 18.7. The van der Waals surface area contributed by atoms with Crippen LogP contribution in [0.15, 0.2) is 48.7 Å². The summed E-state index contributed by atoms with van der Waals surface area (Å²) in [5.41, 5.74) is 1.62. The minimum Gasteiger partial charge on any atom is -0.466 e. The Hall–Kier alpha value is -3.09. The molecule has 2 amide bonds. The van der Waals surface area contributed by atoms with E-state index in [-0.39, 0.29) is 18.4 Å². The van der Waals surface area contributed by atoms with Crippen molar-refractivity contribution in [3.05, 3.63) is 54.2 Å². The Bertz CT molecular complexity index is 797. The largest absolute Gasteiger partial charge is 0.466 e. The van der Waals surface area contributed by atoms with Crippen molar-refractivity contribution in [1.82, 2.24) is 10.3 Å². The van der Waals surface area contributed by atoms with Gasteiger partial charge in [-0.2, -0.15) is 0 Å². The monoisotopic (exact) mass is 368 g/mol. The van der Waals surface area contributed by atoms with Crippen molar-refractivity contribution < 1.29 is 14.3 Å². The number of hydrogen-bond donors (Lipinski definition) is 1. The van der Waals surface area contributed by atoms with Crippen LogP contribution in [0.1, 0.15) is 24.9 Å². The summed E-state index contributed by atoms with van der Waals surface area (Å²) in [6.07, 6.45) is 1.79. The van der Waals surface area contributed by atoms with Crippen LogP contribution in [0, 0.1) is 0 Å². The van der Waals surface area contributed by atoms with Gasteiger partial charge < -0.3 is 15.0 Å². The van der Waals surface area contributed by atoms with E-state index in [1.807, 2.05) is 54.4 Å². The van der Waals surface area contributed by atoms with E-state index in [9.17, 15) is 9.59 Å². The molecule has 1 aromatic carbocycles. The van der Waals surface area contributed by atoms with Gasteiger partial charge in [0.15, 0.2) is 5.82 Å². The zero-order valence-electron chi connectivity index (χ0n) is 15.6. The molecule has 0 saturated heterocycles. The number of rotatable bonds is 5. The second kappa shape index (κ2) is 8.53. The zero-order valence-corrected chi connectivity index (χ0v) is 15.6. The second-order valence-electron chi connectivity index (χ2n) is 6.34. The predicted octanol–water partition coefficient (Wildman–Crippen LogP) is 2.74. The van der Waals surface area contributed by atoms with Gasteiger partial charge in [-0.1, -0.05) is 30.3 Å². The van der Waals surface area contributed by atoms with Gasteiger partial charge in [0.2, 0.25) is 0 Å². The van der Waals surface area contributed by atoms with Crippen LogP contribution in [0.5, 0.6) is 0 Å². The van der Waals surface area contributed by atoms with Gasteiger partial charge in [0.05, 0.1) is 24.8 Å². The van der Waals surface area contributed by atoms with Crippen molar-refractivity contribution in [3.63, 3.8) is 0 Å². The molecule has 0 aliphatic carbocycles. The first-order valence-electron chi connectivity index (χ1n) is 9.05. The summed E-state index contributed by atoms with van der Waals surface area (Å²) in [6, 6.07) is 12.4. The topological polar surface area (TPSA) is 74.8 Å². The lowest BCUT2D eigenvalue weighted by atomic mass is 10.0. The first-order chi connectivity index (χ1) is 13.1. The molecule has 0 unspecified atom stereocenters. The lowest BCUT2D eigenvalue weighted by Gasteiger charge is -2.35. The molecule has 1 N–H and O–H groups in total. The van der Waals surface area contributed by atoms with Crippen LogP contribution in [0.3, 0.4) is 0 Å². The quantitative estimate of drug-likeness (QED) is 0.822. The van der Waals surface area contributed by atoms with Gasteiger partial charge in [0.25, 0.3) is 0 Å². The number of ether oxygens (including phenoxy) is 1. The van der Waals surface area contributed by atoms with Crippen LogP contribution >= 0.6 is 0 Å². The van der Waals surface area contributed by atoms with E-state index in [1.54, 1.807) is 18.0 Å². The second-order valence-corrected chi connectivity index (χ2v) is 6.34. The number of nitrogens with one attached hydrogen (secondary N) is 1. The van der Waals surface area contributed by atoms with Gasteiger partial charge in [0.1, 0.15) is 0 Å². The highest BCUT2D eigenvalue weighted by atomic mass is 16.5. The molecule has 0 bridgehead atoms. The van der Waals surface area contributed by atoms with Crippen LogP contribution in [0.4, 0.5) is 16.3 Å². The lowest BCUT2D eigenvalue weighted by Crippen LogP contribution is -2.48. The number of pyridine rings is 1. The molecule has 1 aromatic heterocycles. The third-order valence-corrected chi connectivity index (χ3v) is 4.50. The Balaban J connectivity index is 1.80. The number of nitrogens with zero attached hydrogens (tertiary/aromatic N) is 3. The maximum absolute atomic E-state index is 13.0. The molecule has 27 heavy (non-hydrogen) atoms. The molecule has 0 fully saturated rings. The molecule has 0 radical (unpaired) electrons. The standard InChI is InChI=1S/C20H24N4O3/c1-3-27-18(25)14-16(15-8-5-4-6-9-15)22-20(26)24-13-12-23(2)19-17(24)10-7-11-21-19/h4-11,16H,3,12-14H2,1-2H3,(H,22,26)/t16-/m0/s1.